The molecule has 0 amide bonds. The van der Waals surface area contributed by atoms with E-state index in [0.29, 0.717) is 31.3 Å². The van der Waals surface area contributed by atoms with Crippen LogP contribution in [-0.4, -0.2) is 42.0 Å². The van der Waals surface area contributed by atoms with Crippen LogP contribution in [0.15, 0.2) is 18.5 Å². The molecule has 0 atom stereocenters. The highest BCUT2D eigenvalue weighted by atomic mass is 16.3. The Balaban J connectivity index is 2.21. The largest absolute Gasteiger partial charge is 0.388 e. The quantitative estimate of drug-likeness (QED) is 0.424. The second kappa shape index (κ2) is 6.46. The zero-order valence-electron chi connectivity index (χ0n) is 12.1. The van der Waals surface area contributed by atoms with Crippen molar-refractivity contribution in [2.45, 2.75) is 32.3 Å². The van der Waals surface area contributed by atoms with Crippen molar-refractivity contribution < 1.29 is 5.11 Å². The fraction of sp³-hybridized carbons (Fsp3) is 0.500. The van der Waals surface area contributed by atoms with Gasteiger partial charge in [-0.15, -0.1) is 0 Å². The molecule has 2 rings (SSSR count). The average molecular weight is 292 g/mol. The van der Waals surface area contributed by atoms with Gasteiger partial charge >= 0.3 is 0 Å². The number of hydrogen-bond acceptors (Lipinski definition) is 8. The maximum Gasteiger partial charge on any atom is 0.257 e. The van der Waals surface area contributed by atoms with E-state index in [9.17, 15) is 5.11 Å². The lowest BCUT2D eigenvalue weighted by molar-refractivity contribution is 0.0455. The number of anilines is 2. The molecule has 0 saturated heterocycles. The lowest BCUT2D eigenvalue weighted by atomic mass is 9.98. The summed E-state index contributed by atoms with van der Waals surface area (Å²) in [4.78, 5) is 12.5. The molecule has 0 spiro atoms. The Morgan fingerprint density at radius 3 is 2.52 bits per heavy atom. The number of nitrogen functional groups attached to an aromatic ring is 1. The highest BCUT2D eigenvalue weighted by Gasteiger charge is 2.22. The predicted octanol–water partition coefficient (Wildman–Crippen LogP) is 0.306. The second-order valence-electron chi connectivity index (χ2n) is 4.66. The van der Waals surface area contributed by atoms with Crippen molar-refractivity contribution in [3.8, 4) is 5.95 Å². The highest BCUT2D eigenvalue weighted by molar-refractivity contribution is 5.37. The van der Waals surface area contributed by atoms with Gasteiger partial charge in [-0.2, -0.15) is 20.1 Å². The van der Waals surface area contributed by atoms with E-state index in [1.54, 1.807) is 18.5 Å². The summed E-state index contributed by atoms with van der Waals surface area (Å²) in [6.07, 6.45) is 4.61. The van der Waals surface area contributed by atoms with Gasteiger partial charge in [-0.25, -0.2) is 10.5 Å². The Hall–Kier alpha value is -2.26. The van der Waals surface area contributed by atoms with Gasteiger partial charge < -0.3 is 10.4 Å². The Morgan fingerprint density at radius 2 is 1.95 bits per heavy atom. The van der Waals surface area contributed by atoms with Crippen LogP contribution in [0.5, 0.6) is 0 Å². The molecule has 0 aliphatic rings. The Morgan fingerprint density at radius 1 is 1.24 bits per heavy atom. The average Bonchev–Trinajstić information content (AvgIpc) is 3.06. The molecule has 2 heterocycles. The molecule has 2 aromatic rings. The number of rotatable bonds is 7. The fourth-order valence-corrected chi connectivity index (χ4v) is 1.74. The smallest absolute Gasteiger partial charge is 0.257 e. The van der Waals surface area contributed by atoms with Gasteiger partial charge in [0.2, 0.25) is 11.9 Å². The number of hydrogen-bond donors (Lipinski definition) is 4. The van der Waals surface area contributed by atoms with E-state index in [4.69, 9.17) is 5.84 Å². The number of nitrogens with two attached hydrogens (primary N) is 1. The zero-order valence-corrected chi connectivity index (χ0v) is 12.1. The summed E-state index contributed by atoms with van der Waals surface area (Å²) in [7, 11) is 0. The van der Waals surface area contributed by atoms with Gasteiger partial charge in [0, 0.05) is 18.9 Å². The van der Waals surface area contributed by atoms with E-state index in [-0.39, 0.29) is 5.95 Å². The van der Waals surface area contributed by atoms with Gasteiger partial charge in [-0.1, -0.05) is 13.8 Å². The minimum atomic E-state index is -0.797. The Labute approximate surface area is 122 Å². The molecular formula is C12H20N8O. The molecule has 0 aliphatic heterocycles. The van der Waals surface area contributed by atoms with Crippen LogP contribution in [-0.2, 0) is 0 Å². The number of aliphatic hydroxyl groups is 1. The third-order valence-electron chi connectivity index (χ3n) is 3.35. The molecule has 0 radical (unpaired) electrons. The lowest BCUT2D eigenvalue weighted by Gasteiger charge is -2.25. The molecule has 0 aromatic carbocycles. The van der Waals surface area contributed by atoms with E-state index < -0.39 is 5.60 Å². The first-order chi connectivity index (χ1) is 10.1. The highest BCUT2D eigenvalue weighted by Crippen LogP contribution is 2.15. The molecule has 0 bridgehead atoms. The van der Waals surface area contributed by atoms with Crippen LogP contribution in [0.3, 0.4) is 0 Å². The van der Waals surface area contributed by atoms with Crippen LogP contribution in [0, 0.1) is 0 Å². The fourth-order valence-electron chi connectivity index (χ4n) is 1.74. The van der Waals surface area contributed by atoms with Crippen molar-refractivity contribution in [1.29, 1.82) is 0 Å². The van der Waals surface area contributed by atoms with Crippen molar-refractivity contribution in [3.05, 3.63) is 18.5 Å². The SMILES string of the molecule is CCC(O)(CC)CNc1nc(NN)nc(-n2cccn2)n1. The van der Waals surface area contributed by atoms with Gasteiger partial charge in [-0.05, 0) is 18.9 Å². The molecule has 0 aliphatic carbocycles. The zero-order chi connectivity index (χ0) is 15.3. The third kappa shape index (κ3) is 3.64. The minimum absolute atomic E-state index is 0.217. The van der Waals surface area contributed by atoms with Crippen molar-refractivity contribution in [1.82, 2.24) is 24.7 Å². The van der Waals surface area contributed by atoms with Crippen molar-refractivity contribution in [2.24, 2.45) is 5.84 Å². The molecule has 0 unspecified atom stereocenters. The molecule has 21 heavy (non-hydrogen) atoms. The van der Waals surface area contributed by atoms with Crippen LogP contribution in [0.4, 0.5) is 11.9 Å². The monoisotopic (exact) mass is 292 g/mol. The van der Waals surface area contributed by atoms with Crippen molar-refractivity contribution >= 4 is 11.9 Å². The topological polar surface area (TPSA) is 127 Å². The summed E-state index contributed by atoms with van der Waals surface area (Å²) in [5.74, 6) is 6.24. The number of aromatic nitrogens is 5. The van der Waals surface area contributed by atoms with E-state index in [2.05, 4.69) is 30.8 Å². The van der Waals surface area contributed by atoms with Crippen molar-refractivity contribution in [2.75, 3.05) is 17.3 Å². The molecule has 9 nitrogen and oxygen atoms in total. The third-order valence-corrected chi connectivity index (χ3v) is 3.35. The summed E-state index contributed by atoms with van der Waals surface area (Å²) in [6.45, 7) is 4.20. The molecule has 5 N–H and O–H groups in total. The maximum atomic E-state index is 10.3. The summed E-state index contributed by atoms with van der Waals surface area (Å²) < 4.78 is 1.50. The van der Waals surface area contributed by atoms with Crippen LogP contribution >= 0.6 is 0 Å². The van der Waals surface area contributed by atoms with Gasteiger partial charge in [0.05, 0.1) is 5.60 Å². The standard InChI is InChI=1S/C12H20N8O/c1-3-12(21,4-2)8-14-9-16-10(19-13)18-11(17-9)20-7-5-6-15-20/h5-7,21H,3-4,8,13H2,1-2H3,(H2,14,16,17,18,19). The van der Waals surface area contributed by atoms with Crippen LogP contribution < -0.4 is 16.6 Å². The summed E-state index contributed by atoms with van der Waals surface area (Å²) in [5, 5.41) is 17.4. The molecule has 0 saturated carbocycles. The predicted molar refractivity (Wildman–Crippen MR) is 78.8 cm³/mol. The normalized spacial score (nSPS) is 11.4. The van der Waals surface area contributed by atoms with Crippen LogP contribution in [0.2, 0.25) is 0 Å². The van der Waals surface area contributed by atoms with E-state index in [1.165, 1.54) is 4.68 Å². The van der Waals surface area contributed by atoms with E-state index >= 15 is 0 Å². The minimum Gasteiger partial charge on any atom is -0.388 e. The molecule has 2 aromatic heterocycles. The van der Waals surface area contributed by atoms with Gasteiger partial charge in [0.1, 0.15) is 0 Å². The number of hydrazine groups is 1. The second-order valence-corrected chi connectivity index (χ2v) is 4.66. The van der Waals surface area contributed by atoms with Gasteiger partial charge in [0.15, 0.2) is 0 Å². The van der Waals surface area contributed by atoms with E-state index in [0.717, 1.165) is 0 Å². The first kappa shape index (κ1) is 15.1. The van der Waals surface area contributed by atoms with E-state index in [1.807, 2.05) is 13.8 Å². The molecule has 0 fully saturated rings. The summed E-state index contributed by atoms with van der Waals surface area (Å²) >= 11 is 0. The Bertz CT molecular complexity index is 567. The van der Waals surface area contributed by atoms with Gasteiger partial charge in [0.25, 0.3) is 5.95 Å². The summed E-state index contributed by atoms with van der Waals surface area (Å²) in [6, 6.07) is 1.76. The van der Waals surface area contributed by atoms with Crippen molar-refractivity contribution in [3.63, 3.8) is 0 Å². The molecular weight excluding hydrogens is 272 g/mol. The molecule has 9 heteroatoms. The van der Waals surface area contributed by atoms with Crippen LogP contribution in [0.1, 0.15) is 26.7 Å². The first-order valence-electron chi connectivity index (χ1n) is 6.79. The molecule has 114 valence electrons. The summed E-state index contributed by atoms with van der Waals surface area (Å²) in [5.41, 5.74) is 1.59. The Kier molecular flexibility index (Phi) is 4.66. The number of nitrogens with one attached hydrogen (secondary N) is 2. The first-order valence-corrected chi connectivity index (χ1v) is 6.79. The van der Waals surface area contributed by atoms with Crippen LogP contribution in [0.25, 0.3) is 5.95 Å². The maximum absolute atomic E-state index is 10.3. The lowest BCUT2D eigenvalue weighted by Crippen LogP contribution is -2.36. The van der Waals surface area contributed by atoms with Gasteiger partial charge in [-0.3, -0.25) is 5.43 Å². The number of nitrogens with zero attached hydrogens (tertiary/aromatic N) is 5.